The fourth-order valence-electron chi connectivity index (χ4n) is 3.84. The molecule has 1 aromatic heterocycles. The molecule has 0 aliphatic heterocycles. The number of carbonyl (C=O) groups is 1. The third kappa shape index (κ3) is 9.00. The van der Waals surface area contributed by atoms with E-state index in [1.165, 1.54) is 10.9 Å². The monoisotopic (exact) mass is 561 g/mol. The molecule has 0 fully saturated rings. The lowest BCUT2D eigenvalue weighted by Gasteiger charge is -2.26. The molecule has 2 aromatic carbocycles. The van der Waals surface area contributed by atoms with E-state index in [4.69, 9.17) is 21.4 Å². The van der Waals surface area contributed by atoms with Crippen LogP contribution in [-0.2, 0) is 23.9 Å². The van der Waals surface area contributed by atoms with Gasteiger partial charge >= 0.3 is 12.1 Å². The molecule has 1 heterocycles. The van der Waals surface area contributed by atoms with Crippen LogP contribution in [0.5, 0.6) is 5.75 Å². The average Bonchev–Trinajstić information content (AvgIpc) is 3.32. The number of rotatable bonds is 12. The van der Waals surface area contributed by atoms with E-state index in [9.17, 15) is 18.0 Å². The molecule has 36 heavy (non-hydrogen) atoms. The van der Waals surface area contributed by atoms with E-state index in [0.29, 0.717) is 43.0 Å². The van der Waals surface area contributed by atoms with Gasteiger partial charge in [-0.25, -0.2) is 0 Å². The Morgan fingerprint density at radius 2 is 1.92 bits per heavy atom. The Morgan fingerprint density at radius 3 is 2.58 bits per heavy atom. The van der Waals surface area contributed by atoms with E-state index in [2.05, 4.69) is 17.9 Å². The van der Waals surface area contributed by atoms with E-state index in [-0.39, 0.29) is 36.3 Å². The smallest absolute Gasteiger partial charge is 0.417 e. The second kappa shape index (κ2) is 13.9. The van der Waals surface area contributed by atoms with Crippen molar-refractivity contribution in [1.29, 1.82) is 0 Å². The first-order valence-electron chi connectivity index (χ1n) is 11.2. The van der Waals surface area contributed by atoms with E-state index >= 15 is 0 Å². The van der Waals surface area contributed by atoms with Gasteiger partial charge in [-0.05, 0) is 47.2 Å². The third-order valence-corrected chi connectivity index (χ3v) is 7.03. The number of hydrogen-bond donors (Lipinski definition) is 1. The summed E-state index contributed by atoms with van der Waals surface area (Å²) >= 11 is 7.81. The highest BCUT2D eigenvalue weighted by Gasteiger charge is 2.34. The molecule has 0 amide bonds. The lowest BCUT2D eigenvalue weighted by atomic mass is 10.1. The normalized spacial score (nSPS) is 12.3. The van der Waals surface area contributed by atoms with Crippen LogP contribution in [0, 0.1) is 0 Å². The molecule has 0 bridgehead atoms. The topological polar surface area (TPSA) is 49.8 Å². The molecule has 4 nitrogen and oxygen atoms in total. The standard InChI is InChI=1S/C26H27ClF3NO3S.ClH/c1-18(23-10-4-13-35-23)16-31(17-20-7-3-9-22(25(20)27)26(28,29)30)11-5-12-34-21-8-2-6-19(14-21)15-24(32)33;/h2-4,6-10,13-14,18H,5,11-12,15-17H2,1H3,(H,32,33);1H/t18-;/m0./s1. The van der Waals surface area contributed by atoms with Gasteiger partial charge in [0.15, 0.2) is 0 Å². The van der Waals surface area contributed by atoms with Crippen LogP contribution in [0.4, 0.5) is 13.2 Å². The number of carboxylic acids is 1. The molecule has 0 aliphatic rings. The minimum absolute atomic E-state index is 0. The van der Waals surface area contributed by atoms with Crippen LogP contribution in [0.1, 0.15) is 40.8 Å². The second-order valence-electron chi connectivity index (χ2n) is 8.35. The summed E-state index contributed by atoms with van der Waals surface area (Å²) in [7, 11) is 0. The minimum Gasteiger partial charge on any atom is -0.494 e. The van der Waals surface area contributed by atoms with Crippen LogP contribution in [-0.4, -0.2) is 35.7 Å². The predicted octanol–water partition coefficient (Wildman–Crippen LogP) is 7.54. The first-order valence-corrected chi connectivity index (χ1v) is 12.4. The molecule has 196 valence electrons. The molecule has 0 saturated heterocycles. The van der Waals surface area contributed by atoms with Crippen LogP contribution >= 0.6 is 35.3 Å². The zero-order valence-electron chi connectivity index (χ0n) is 19.6. The molecule has 3 rings (SSSR count). The maximum Gasteiger partial charge on any atom is 0.417 e. The summed E-state index contributed by atoms with van der Waals surface area (Å²) in [5, 5.41) is 10.7. The molecular weight excluding hydrogens is 534 g/mol. The summed E-state index contributed by atoms with van der Waals surface area (Å²) in [5.74, 6) is -0.123. The van der Waals surface area contributed by atoms with Crippen molar-refractivity contribution >= 4 is 41.3 Å². The van der Waals surface area contributed by atoms with Gasteiger partial charge in [-0.3, -0.25) is 9.69 Å². The first kappa shape index (κ1) is 30.0. The number of halogens is 5. The third-order valence-electron chi connectivity index (χ3n) is 5.48. The fraction of sp³-hybridized carbons (Fsp3) is 0.346. The highest BCUT2D eigenvalue weighted by atomic mass is 35.5. The van der Waals surface area contributed by atoms with Crippen molar-refractivity contribution in [3.05, 3.63) is 86.6 Å². The average molecular weight is 562 g/mol. The van der Waals surface area contributed by atoms with Crippen LogP contribution in [0.15, 0.2) is 60.0 Å². The molecule has 0 unspecified atom stereocenters. The summed E-state index contributed by atoms with van der Waals surface area (Å²) < 4.78 is 45.8. The number of nitrogens with zero attached hydrogens (tertiary/aromatic N) is 1. The summed E-state index contributed by atoms with van der Waals surface area (Å²) in [4.78, 5) is 14.2. The van der Waals surface area contributed by atoms with Gasteiger partial charge in [0, 0.05) is 30.4 Å². The van der Waals surface area contributed by atoms with E-state index < -0.39 is 17.7 Å². The van der Waals surface area contributed by atoms with E-state index in [1.54, 1.807) is 41.7 Å². The van der Waals surface area contributed by atoms with Crippen molar-refractivity contribution in [2.24, 2.45) is 0 Å². The number of benzene rings is 2. The number of hydrogen-bond acceptors (Lipinski definition) is 4. The van der Waals surface area contributed by atoms with Gasteiger partial charge in [0.1, 0.15) is 5.75 Å². The Hall–Kier alpha value is -2.26. The molecule has 0 spiro atoms. The molecule has 1 N–H and O–H groups in total. The molecular formula is C26H28Cl2F3NO3S. The summed E-state index contributed by atoms with van der Waals surface area (Å²) in [6.45, 7) is 4.01. The highest BCUT2D eigenvalue weighted by Crippen LogP contribution is 2.36. The number of aliphatic carboxylic acids is 1. The van der Waals surface area contributed by atoms with E-state index in [1.807, 2.05) is 11.4 Å². The zero-order valence-corrected chi connectivity index (χ0v) is 22.0. The lowest BCUT2D eigenvalue weighted by molar-refractivity contribution is -0.138. The van der Waals surface area contributed by atoms with Crippen molar-refractivity contribution in [1.82, 2.24) is 4.90 Å². The molecule has 10 heteroatoms. The van der Waals surface area contributed by atoms with E-state index in [0.717, 1.165) is 6.07 Å². The Labute approximate surface area is 224 Å². The number of ether oxygens (including phenoxy) is 1. The van der Waals surface area contributed by atoms with Crippen molar-refractivity contribution in [2.75, 3.05) is 19.7 Å². The predicted molar refractivity (Wildman–Crippen MR) is 140 cm³/mol. The maximum absolute atomic E-state index is 13.3. The Bertz CT molecular complexity index is 1110. The van der Waals surface area contributed by atoms with Gasteiger partial charge in [0.05, 0.1) is 23.6 Å². The fourth-order valence-corrected chi connectivity index (χ4v) is 4.91. The number of thiophene rings is 1. The number of alkyl halides is 3. The highest BCUT2D eigenvalue weighted by molar-refractivity contribution is 7.10. The molecule has 0 radical (unpaired) electrons. The van der Waals surface area contributed by atoms with Crippen LogP contribution < -0.4 is 4.74 Å². The van der Waals surface area contributed by atoms with Crippen molar-refractivity contribution in [3.8, 4) is 5.75 Å². The number of carboxylic acid groups (broad SMARTS) is 1. The Balaban J connectivity index is 0.00000456. The second-order valence-corrected chi connectivity index (χ2v) is 9.71. The molecule has 0 aliphatic carbocycles. The molecule has 3 aromatic rings. The summed E-state index contributed by atoms with van der Waals surface area (Å²) in [6, 6.07) is 15.0. The van der Waals surface area contributed by atoms with Gasteiger partial charge in [-0.1, -0.05) is 48.9 Å². The van der Waals surface area contributed by atoms with Crippen molar-refractivity contribution in [3.63, 3.8) is 0 Å². The molecule has 1 atom stereocenters. The van der Waals surface area contributed by atoms with Gasteiger partial charge in [0.2, 0.25) is 0 Å². The van der Waals surface area contributed by atoms with Gasteiger partial charge in [-0.2, -0.15) is 13.2 Å². The molecule has 0 saturated carbocycles. The van der Waals surface area contributed by atoms with Crippen LogP contribution in [0.3, 0.4) is 0 Å². The van der Waals surface area contributed by atoms with Gasteiger partial charge < -0.3 is 9.84 Å². The van der Waals surface area contributed by atoms with Crippen LogP contribution in [0.25, 0.3) is 0 Å². The summed E-state index contributed by atoms with van der Waals surface area (Å²) in [6.07, 6.45) is -3.95. The van der Waals surface area contributed by atoms with Gasteiger partial charge in [0.25, 0.3) is 0 Å². The first-order chi connectivity index (χ1) is 16.6. The SMILES string of the molecule is C[C@@H](CN(CCCOc1cccc(CC(=O)O)c1)Cc1cccc(C(F)(F)F)c1Cl)c1cccs1.Cl. The Morgan fingerprint density at radius 1 is 1.17 bits per heavy atom. The Kier molecular flexibility index (Phi) is 11.6. The lowest BCUT2D eigenvalue weighted by Crippen LogP contribution is -2.29. The van der Waals surface area contributed by atoms with Crippen molar-refractivity contribution < 1.29 is 27.8 Å². The largest absolute Gasteiger partial charge is 0.494 e. The van der Waals surface area contributed by atoms with Crippen molar-refractivity contribution in [2.45, 2.75) is 38.4 Å². The maximum atomic E-state index is 13.3. The summed E-state index contributed by atoms with van der Waals surface area (Å²) in [5.41, 5.74) is 0.259. The minimum atomic E-state index is -4.51. The van der Waals surface area contributed by atoms with Crippen LogP contribution in [0.2, 0.25) is 5.02 Å². The van der Waals surface area contributed by atoms with Gasteiger partial charge in [-0.15, -0.1) is 23.7 Å². The quantitative estimate of drug-likeness (QED) is 0.232. The zero-order chi connectivity index (χ0) is 25.4.